The van der Waals surface area contributed by atoms with Crippen LogP contribution < -0.4 is 10.5 Å². The summed E-state index contributed by atoms with van der Waals surface area (Å²) in [5.41, 5.74) is 4.49. The molecule has 1 rings (SSSR count). The zero-order valence-corrected chi connectivity index (χ0v) is 14.3. The molecule has 4 nitrogen and oxygen atoms in total. The number of thioether (sulfide) groups is 1. The zero-order valence-electron chi connectivity index (χ0n) is 13.5. The molecule has 0 heterocycles. The molecule has 1 unspecified atom stereocenters. The lowest BCUT2D eigenvalue weighted by Crippen LogP contribution is -2.19. The van der Waals surface area contributed by atoms with Gasteiger partial charge in [-0.2, -0.15) is 13.2 Å². The van der Waals surface area contributed by atoms with Crippen LogP contribution in [0.3, 0.4) is 0 Å². The van der Waals surface area contributed by atoms with Gasteiger partial charge in [0.15, 0.2) is 0 Å². The third-order valence-electron chi connectivity index (χ3n) is 3.35. The summed E-state index contributed by atoms with van der Waals surface area (Å²) < 4.78 is 72.7. The molecule has 0 aromatic heterocycles. The molecule has 0 fully saturated rings. The van der Waals surface area contributed by atoms with E-state index in [1.807, 2.05) is 0 Å². The molecule has 0 saturated carbocycles. The summed E-state index contributed by atoms with van der Waals surface area (Å²) in [7, 11) is 2.23. The summed E-state index contributed by atoms with van der Waals surface area (Å²) in [6.07, 6.45) is -7.77. The van der Waals surface area contributed by atoms with Crippen LogP contribution in [-0.4, -0.2) is 32.4 Å². The molecule has 0 bridgehead atoms. The number of carbonyl (C=O) groups excluding carboxylic acids is 1. The highest BCUT2D eigenvalue weighted by Gasteiger charge is 2.35. The standard InChI is InChI=1S/C15H18F5NO3S/c1-23-11-6-12(10(21)5-9(11)15(18,19)20)25-7-8(14(22)24-2)3-4-13(16)17/h5-6,8,13H,3-4,7,21H2,1-2H3. The van der Waals surface area contributed by atoms with Crippen LogP contribution in [0.2, 0.25) is 0 Å². The number of rotatable bonds is 8. The van der Waals surface area contributed by atoms with Gasteiger partial charge in [0.25, 0.3) is 0 Å². The van der Waals surface area contributed by atoms with Gasteiger partial charge in [0.2, 0.25) is 6.43 Å². The predicted octanol–water partition coefficient (Wildman–Crippen LogP) is 4.22. The lowest BCUT2D eigenvalue weighted by molar-refractivity contribution is -0.145. The lowest BCUT2D eigenvalue weighted by Gasteiger charge is -2.17. The molecule has 0 aliphatic heterocycles. The van der Waals surface area contributed by atoms with Crippen LogP contribution in [0.4, 0.5) is 27.6 Å². The molecule has 1 aromatic carbocycles. The van der Waals surface area contributed by atoms with Gasteiger partial charge in [0, 0.05) is 22.8 Å². The van der Waals surface area contributed by atoms with Crippen molar-refractivity contribution >= 4 is 23.4 Å². The highest BCUT2D eigenvalue weighted by atomic mass is 32.2. The maximum Gasteiger partial charge on any atom is 0.420 e. The molecule has 10 heteroatoms. The first-order valence-electron chi connectivity index (χ1n) is 7.13. The molecule has 0 aliphatic carbocycles. The Balaban J connectivity index is 2.95. The van der Waals surface area contributed by atoms with E-state index < -0.39 is 42.2 Å². The fraction of sp³-hybridized carbons (Fsp3) is 0.533. The van der Waals surface area contributed by atoms with Crippen molar-refractivity contribution in [2.75, 3.05) is 25.7 Å². The summed E-state index contributed by atoms with van der Waals surface area (Å²) in [5, 5.41) is 0. The monoisotopic (exact) mass is 387 g/mol. The normalized spacial score (nSPS) is 13.0. The van der Waals surface area contributed by atoms with E-state index in [4.69, 9.17) is 10.5 Å². The number of hydrogen-bond acceptors (Lipinski definition) is 5. The smallest absolute Gasteiger partial charge is 0.420 e. The Morgan fingerprint density at radius 2 is 1.88 bits per heavy atom. The molecule has 2 N–H and O–H groups in total. The van der Waals surface area contributed by atoms with Gasteiger partial charge in [-0.25, -0.2) is 8.78 Å². The maximum absolute atomic E-state index is 12.9. The van der Waals surface area contributed by atoms with Gasteiger partial charge in [-0.1, -0.05) is 0 Å². The second-order valence-corrected chi connectivity index (χ2v) is 6.15. The van der Waals surface area contributed by atoms with Crippen molar-refractivity contribution < 1.29 is 36.2 Å². The number of carbonyl (C=O) groups is 1. The van der Waals surface area contributed by atoms with Crippen molar-refractivity contribution in [1.82, 2.24) is 0 Å². The molecule has 0 aliphatic rings. The van der Waals surface area contributed by atoms with Crippen molar-refractivity contribution in [2.45, 2.75) is 30.3 Å². The van der Waals surface area contributed by atoms with Gasteiger partial charge in [0.1, 0.15) is 5.75 Å². The first-order valence-corrected chi connectivity index (χ1v) is 8.12. The van der Waals surface area contributed by atoms with Crippen LogP contribution in [0.25, 0.3) is 0 Å². The minimum atomic E-state index is -4.63. The van der Waals surface area contributed by atoms with Gasteiger partial charge >= 0.3 is 12.1 Å². The number of methoxy groups -OCH3 is 2. The van der Waals surface area contributed by atoms with Crippen molar-refractivity contribution in [1.29, 1.82) is 0 Å². The summed E-state index contributed by atoms with van der Waals surface area (Å²) in [4.78, 5) is 11.9. The number of alkyl halides is 5. The number of nitrogens with two attached hydrogens (primary N) is 1. The molecule has 1 atom stereocenters. The Hall–Kier alpha value is -1.71. The highest BCUT2D eigenvalue weighted by molar-refractivity contribution is 7.99. The van der Waals surface area contributed by atoms with E-state index in [0.29, 0.717) is 0 Å². The van der Waals surface area contributed by atoms with Crippen LogP contribution >= 0.6 is 11.8 Å². The topological polar surface area (TPSA) is 61.5 Å². The van der Waals surface area contributed by atoms with E-state index in [-0.39, 0.29) is 22.8 Å². The fourth-order valence-electron chi connectivity index (χ4n) is 2.05. The minimum Gasteiger partial charge on any atom is -0.496 e. The number of esters is 1. The van der Waals surface area contributed by atoms with Gasteiger partial charge < -0.3 is 15.2 Å². The van der Waals surface area contributed by atoms with Crippen LogP contribution in [-0.2, 0) is 15.7 Å². The number of benzene rings is 1. The molecular weight excluding hydrogens is 369 g/mol. The van der Waals surface area contributed by atoms with Crippen LogP contribution in [0.15, 0.2) is 17.0 Å². The fourth-order valence-corrected chi connectivity index (χ4v) is 3.15. The van der Waals surface area contributed by atoms with Crippen LogP contribution in [0.5, 0.6) is 5.75 Å². The summed E-state index contributed by atoms with van der Waals surface area (Å²) in [5.74, 6) is -1.85. The Kier molecular flexibility index (Phi) is 7.78. The largest absolute Gasteiger partial charge is 0.496 e. The molecular formula is C15H18F5NO3S. The van der Waals surface area contributed by atoms with Crippen LogP contribution in [0, 0.1) is 5.92 Å². The van der Waals surface area contributed by atoms with E-state index in [1.54, 1.807) is 0 Å². The van der Waals surface area contributed by atoms with Crippen molar-refractivity contribution in [3.05, 3.63) is 17.7 Å². The predicted molar refractivity (Wildman–Crippen MR) is 83.9 cm³/mol. The molecule has 25 heavy (non-hydrogen) atoms. The van der Waals surface area contributed by atoms with Gasteiger partial charge in [-0.3, -0.25) is 4.79 Å². The van der Waals surface area contributed by atoms with Crippen molar-refractivity contribution in [3.8, 4) is 5.75 Å². The first-order chi connectivity index (χ1) is 11.6. The average molecular weight is 387 g/mol. The highest BCUT2D eigenvalue weighted by Crippen LogP contribution is 2.41. The zero-order chi connectivity index (χ0) is 19.2. The minimum absolute atomic E-state index is 0.0398. The summed E-state index contributed by atoms with van der Waals surface area (Å²) >= 11 is 0.981. The molecule has 0 amide bonds. The number of hydrogen-bond donors (Lipinski definition) is 1. The number of halogens is 5. The molecule has 0 spiro atoms. The average Bonchev–Trinajstić information content (AvgIpc) is 2.53. The van der Waals surface area contributed by atoms with E-state index in [0.717, 1.165) is 38.1 Å². The maximum atomic E-state index is 12.9. The quantitative estimate of drug-likeness (QED) is 0.313. The number of anilines is 1. The van der Waals surface area contributed by atoms with E-state index in [9.17, 15) is 26.7 Å². The Bertz CT molecular complexity index is 595. The van der Waals surface area contributed by atoms with E-state index in [2.05, 4.69) is 4.74 Å². The number of nitrogen functional groups attached to an aromatic ring is 1. The SMILES string of the molecule is COC(=O)C(CCC(F)F)CSc1cc(OC)c(C(F)(F)F)cc1N. The lowest BCUT2D eigenvalue weighted by atomic mass is 10.1. The third kappa shape index (κ3) is 6.26. The second kappa shape index (κ2) is 9.12. The number of ether oxygens (including phenoxy) is 2. The van der Waals surface area contributed by atoms with E-state index in [1.165, 1.54) is 0 Å². The van der Waals surface area contributed by atoms with Gasteiger partial charge in [0.05, 0.1) is 25.7 Å². The van der Waals surface area contributed by atoms with Gasteiger partial charge in [-0.15, -0.1) is 11.8 Å². The molecule has 0 radical (unpaired) electrons. The van der Waals surface area contributed by atoms with Crippen molar-refractivity contribution in [2.24, 2.45) is 5.92 Å². The molecule has 1 aromatic rings. The third-order valence-corrected chi connectivity index (χ3v) is 4.58. The Labute approximate surface area is 145 Å². The summed E-state index contributed by atoms with van der Waals surface area (Å²) in [6, 6.07) is 1.86. The Morgan fingerprint density at radius 1 is 1.24 bits per heavy atom. The Morgan fingerprint density at radius 3 is 2.36 bits per heavy atom. The van der Waals surface area contributed by atoms with Gasteiger partial charge in [-0.05, 0) is 18.6 Å². The summed E-state index contributed by atoms with van der Waals surface area (Å²) in [6.45, 7) is 0. The molecule has 142 valence electrons. The van der Waals surface area contributed by atoms with Crippen molar-refractivity contribution in [3.63, 3.8) is 0 Å². The molecule has 0 saturated heterocycles. The van der Waals surface area contributed by atoms with Crippen LogP contribution in [0.1, 0.15) is 18.4 Å². The first kappa shape index (κ1) is 21.3. The second-order valence-electron chi connectivity index (χ2n) is 5.09. The van der Waals surface area contributed by atoms with E-state index >= 15 is 0 Å².